The van der Waals surface area contributed by atoms with Crippen LogP contribution in [0.3, 0.4) is 0 Å². The van der Waals surface area contributed by atoms with E-state index in [0.717, 1.165) is 18.5 Å². The predicted octanol–water partition coefficient (Wildman–Crippen LogP) is 3.81. The number of nitrogens with one attached hydrogen (secondary N) is 1. The van der Waals surface area contributed by atoms with E-state index in [4.69, 9.17) is 0 Å². The SMILES string of the molecule is CC(Nc1ccc(C(F)(F)F)nc1)c1ccc(F)cn1. The van der Waals surface area contributed by atoms with Crippen LogP contribution in [0.2, 0.25) is 0 Å². The molecular formula is C13H11F4N3. The van der Waals surface area contributed by atoms with Crippen LogP contribution in [0.4, 0.5) is 23.2 Å². The van der Waals surface area contributed by atoms with Crippen LogP contribution in [-0.2, 0) is 6.18 Å². The third-order valence-corrected chi connectivity index (χ3v) is 2.63. The van der Waals surface area contributed by atoms with Crippen LogP contribution in [0, 0.1) is 5.82 Å². The summed E-state index contributed by atoms with van der Waals surface area (Å²) in [5.74, 6) is -0.447. The van der Waals surface area contributed by atoms with Crippen LogP contribution in [0.25, 0.3) is 0 Å². The lowest BCUT2D eigenvalue weighted by atomic mass is 10.2. The highest BCUT2D eigenvalue weighted by Gasteiger charge is 2.32. The molecule has 1 N–H and O–H groups in total. The lowest BCUT2D eigenvalue weighted by Gasteiger charge is -2.15. The molecule has 0 bridgehead atoms. The minimum Gasteiger partial charge on any atom is -0.376 e. The van der Waals surface area contributed by atoms with Crippen molar-refractivity contribution in [3.8, 4) is 0 Å². The van der Waals surface area contributed by atoms with Gasteiger partial charge in [0, 0.05) is 0 Å². The summed E-state index contributed by atoms with van der Waals surface area (Å²) in [4.78, 5) is 7.24. The van der Waals surface area contributed by atoms with Gasteiger partial charge < -0.3 is 5.32 Å². The molecule has 2 heterocycles. The second-order valence-electron chi connectivity index (χ2n) is 4.20. The Morgan fingerprint density at radius 1 is 1.05 bits per heavy atom. The monoisotopic (exact) mass is 285 g/mol. The maximum Gasteiger partial charge on any atom is 0.433 e. The lowest BCUT2D eigenvalue weighted by Crippen LogP contribution is -2.11. The smallest absolute Gasteiger partial charge is 0.376 e. The van der Waals surface area contributed by atoms with Gasteiger partial charge in [0.2, 0.25) is 0 Å². The molecule has 0 saturated heterocycles. The van der Waals surface area contributed by atoms with Crippen LogP contribution >= 0.6 is 0 Å². The number of anilines is 1. The highest BCUT2D eigenvalue weighted by atomic mass is 19.4. The maximum absolute atomic E-state index is 12.7. The predicted molar refractivity (Wildman–Crippen MR) is 65.5 cm³/mol. The molecular weight excluding hydrogens is 274 g/mol. The molecule has 2 aromatic rings. The molecule has 0 saturated carbocycles. The number of hydrogen-bond donors (Lipinski definition) is 1. The Labute approximate surface area is 112 Å². The summed E-state index contributed by atoms with van der Waals surface area (Å²) in [5, 5.41) is 2.94. The average molecular weight is 285 g/mol. The number of halogens is 4. The fraction of sp³-hybridized carbons (Fsp3) is 0.231. The topological polar surface area (TPSA) is 37.8 Å². The van der Waals surface area contributed by atoms with Gasteiger partial charge in [-0.1, -0.05) is 0 Å². The minimum absolute atomic E-state index is 0.283. The molecule has 7 heteroatoms. The molecule has 0 aliphatic carbocycles. The van der Waals surface area contributed by atoms with E-state index < -0.39 is 17.7 Å². The number of hydrogen-bond acceptors (Lipinski definition) is 3. The van der Waals surface area contributed by atoms with Crippen molar-refractivity contribution in [2.45, 2.75) is 19.1 Å². The van der Waals surface area contributed by atoms with E-state index in [-0.39, 0.29) is 6.04 Å². The summed E-state index contributed by atoms with van der Waals surface area (Å²) in [6.07, 6.45) is -2.27. The number of aromatic nitrogens is 2. The average Bonchev–Trinajstić information content (AvgIpc) is 2.39. The van der Waals surface area contributed by atoms with Gasteiger partial charge in [-0.25, -0.2) is 9.37 Å². The third kappa shape index (κ3) is 3.43. The number of alkyl halides is 3. The van der Waals surface area contributed by atoms with Gasteiger partial charge in [0.1, 0.15) is 11.5 Å². The maximum atomic E-state index is 12.7. The van der Waals surface area contributed by atoms with Gasteiger partial charge in [-0.3, -0.25) is 4.98 Å². The van der Waals surface area contributed by atoms with Crippen LogP contribution in [0.1, 0.15) is 24.4 Å². The van der Waals surface area contributed by atoms with Crippen LogP contribution in [0.15, 0.2) is 36.7 Å². The van der Waals surface area contributed by atoms with Gasteiger partial charge in [0.05, 0.1) is 29.8 Å². The van der Waals surface area contributed by atoms with Crippen molar-refractivity contribution in [2.24, 2.45) is 0 Å². The minimum atomic E-state index is -4.46. The summed E-state index contributed by atoms with van der Waals surface area (Å²) in [6.45, 7) is 1.76. The largest absolute Gasteiger partial charge is 0.433 e. The first kappa shape index (κ1) is 14.2. The molecule has 2 aromatic heterocycles. The fourth-order valence-electron chi connectivity index (χ4n) is 1.61. The van der Waals surface area contributed by atoms with E-state index in [9.17, 15) is 17.6 Å². The van der Waals surface area contributed by atoms with Gasteiger partial charge in [0.25, 0.3) is 0 Å². The van der Waals surface area contributed by atoms with E-state index in [1.165, 1.54) is 18.2 Å². The molecule has 0 fully saturated rings. The van der Waals surface area contributed by atoms with Crippen molar-refractivity contribution in [3.05, 3.63) is 53.9 Å². The molecule has 0 aliphatic heterocycles. The molecule has 1 atom stereocenters. The van der Waals surface area contributed by atoms with Gasteiger partial charge in [-0.05, 0) is 31.2 Å². The van der Waals surface area contributed by atoms with Crippen molar-refractivity contribution in [1.29, 1.82) is 0 Å². The summed E-state index contributed by atoms with van der Waals surface area (Å²) in [6, 6.07) is 4.67. The van der Waals surface area contributed by atoms with Crippen molar-refractivity contribution >= 4 is 5.69 Å². The van der Waals surface area contributed by atoms with Crippen LogP contribution in [0.5, 0.6) is 0 Å². The molecule has 0 aromatic carbocycles. The molecule has 0 aliphatic rings. The molecule has 2 rings (SSSR count). The van der Waals surface area contributed by atoms with Crippen molar-refractivity contribution < 1.29 is 17.6 Å². The Kier molecular flexibility index (Phi) is 3.87. The number of rotatable bonds is 3. The Morgan fingerprint density at radius 2 is 1.80 bits per heavy atom. The van der Waals surface area contributed by atoms with Crippen LogP contribution < -0.4 is 5.32 Å². The van der Waals surface area contributed by atoms with Crippen LogP contribution in [-0.4, -0.2) is 9.97 Å². The highest BCUT2D eigenvalue weighted by Crippen LogP contribution is 2.28. The van der Waals surface area contributed by atoms with Crippen molar-refractivity contribution in [1.82, 2.24) is 9.97 Å². The summed E-state index contributed by atoms with van der Waals surface area (Å²) < 4.78 is 49.8. The summed E-state index contributed by atoms with van der Waals surface area (Å²) in [7, 11) is 0. The quantitative estimate of drug-likeness (QED) is 0.871. The second kappa shape index (κ2) is 5.44. The van der Waals surface area contributed by atoms with Gasteiger partial charge in [0.15, 0.2) is 0 Å². The van der Waals surface area contributed by atoms with E-state index in [1.807, 2.05) is 0 Å². The zero-order chi connectivity index (χ0) is 14.8. The normalized spacial score (nSPS) is 13.1. The molecule has 1 unspecified atom stereocenters. The molecule has 106 valence electrons. The van der Waals surface area contributed by atoms with E-state index in [2.05, 4.69) is 15.3 Å². The van der Waals surface area contributed by atoms with E-state index in [0.29, 0.717) is 11.4 Å². The summed E-state index contributed by atoms with van der Waals surface area (Å²) >= 11 is 0. The Morgan fingerprint density at radius 3 is 2.30 bits per heavy atom. The number of nitrogens with zero attached hydrogens (tertiary/aromatic N) is 2. The molecule has 3 nitrogen and oxygen atoms in total. The highest BCUT2D eigenvalue weighted by molar-refractivity contribution is 5.43. The fourth-order valence-corrected chi connectivity index (χ4v) is 1.61. The lowest BCUT2D eigenvalue weighted by molar-refractivity contribution is -0.141. The zero-order valence-corrected chi connectivity index (χ0v) is 10.4. The Hall–Kier alpha value is -2.18. The van der Waals surface area contributed by atoms with Gasteiger partial charge in [-0.15, -0.1) is 0 Å². The van der Waals surface area contributed by atoms with E-state index in [1.54, 1.807) is 6.92 Å². The zero-order valence-electron chi connectivity index (χ0n) is 10.4. The Bertz CT molecular complexity index is 564. The number of pyridine rings is 2. The van der Waals surface area contributed by atoms with Crippen molar-refractivity contribution in [3.63, 3.8) is 0 Å². The van der Waals surface area contributed by atoms with Gasteiger partial charge >= 0.3 is 6.18 Å². The first-order chi connectivity index (χ1) is 9.36. The molecule has 20 heavy (non-hydrogen) atoms. The second-order valence-corrected chi connectivity index (χ2v) is 4.20. The molecule has 0 radical (unpaired) electrons. The van der Waals surface area contributed by atoms with Crippen molar-refractivity contribution in [2.75, 3.05) is 5.32 Å². The standard InChI is InChI=1S/C13H11F4N3/c1-8(11-4-2-9(14)6-18-11)20-10-3-5-12(19-7-10)13(15,16)17/h2-8,20H,1H3. The first-order valence-corrected chi connectivity index (χ1v) is 5.77. The Balaban J connectivity index is 2.08. The van der Waals surface area contributed by atoms with Gasteiger partial charge in [-0.2, -0.15) is 13.2 Å². The molecule has 0 spiro atoms. The van der Waals surface area contributed by atoms with E-state index >= 15 is 0 Å². The molecule has 0 amide bonds. The first-order valence-electron chi connectivity index (χ1n) is 5.77. The summed E-state index contributed by atoms with van der Waals surface area (Å²) in [5.41, 5.74) is 0.0542. The third-order valence-electron chi connectivity index (χ3n) is 2.63.